The van der Waals surface area contributed by atoms with Gasteiger partial charge >= 0.3 is 6.18 Å². The molecule has 1 aromatic heterocycles. The van der Waals surface area contributed by atoms with Crippen LogP contribution in [0.1, 0.15) is 48.1 Å². The summed E-state index contributed by atoms with van der Waals surface area (Å²) in [5, 5.41) is 5.97. The second-order valence-corrected chi connectivity index (χ2v) is 11.9. The predicted octanol–water partition coefficient (Wildman–Crippen LogP) is 4.76. The van der Waals surface area contributed by atoms with E-state index in [1.54, 1.807) is 6.07 Å². The van der Waals surface area contributed by atoms with Gasteiger partial charge < -0.3 is 16.4 Å². The molecule has 43 heavy (non-hydrogen) atoms. The van der Waals surface area contributed by atoms with Crippen LogP contribution in [0.15, 0.2) is 60.8 Å². The third-order valence-electron chi connectivity index (χ3n) is 7.36. The summed E-state index contributed by atoms with van der Waals surface area (Å²) in [6, 6.07) is 9.83. The maximum absolute atomic E-state index is 15.1. The van der Waals surface area contributed by atoms with Gasteiger partial charge in [0.25, 0.3) is 0 Å². The van der Waals surface area contributed by atoms with Crippen molar-refractivity contribution < 1.29 is 31.0 Å². The second kappa shape index (κ2) is 14.5. The molecule has 4 rings (SSSR count). The normalized spacial score (nSPS) is 18.2. The number of nitrogens with zero attached hydrogens (tertiary/aromatic N) is 2. The van der Waals surface area contributed by atoms with Gasteiger partial charge in [-0.2, -0.15) is 13.2 Å². The van der Waals surface area contributed by atoms with Crippen LogP contribution >= 0.6 is 0 Å². The zero-order valence-electron chi connectivity index (χ0n) is 23.5. The summed E-state index contributed by atoms with van der Waals surface area (Å²) in [4.78, 5) is 17.4. The van der Waals surface area contributed by atoms with Crippen molar-refractivity contribution in [2.45, 2.75) is 50.4 Å². The van der Waals surface area contributed by atoms with Gasteiger partial charge in [-0.25, -0.2) is 17.3 Å². The summed E-state index contributed by atoms with van der Waals surface area (Å²) in [6.45, 7) is 3.86. The van der Waals surface area contributed by atoms with Crippen LogP contribution in [-0.2, 0) is 28.4 Å². The third-order valence-corrected chi connectivity index (χ3v) is 9.13. The Kier molecular flexibility index (Phi) is 11.0. The number of rotatable bonds is 11. The number of nitrogens with two attached hydrogens (primary N) is 1. The lowest BCUT2D eigenvalue weighted by atomic mass is 9.87. The average Bonchev–Trinajstić information content (AvgIpc) is 2.98. The minimum absolute atomic E-state index is 0.0756. The molecule has 0 saturated carbocycles. The topological polar surface area (TPSA) is 100 Å². The fourth-order valence-corrected chi connectivity index (χ4v) is 6.54. The molecule has 0 aliphatic carbocycles. The van der Waals surface area contributed by atoms with Crippen molar-refractivity contribution in [3.8, 4) is 0 Å². The monoisotopic (exact) mass is 623 g/mol. The fraction of sp³-hybridized carbons (Fsp3) is 0.400. The highest BCUT2D eigenvalue weighted by molar-refractivity contribution is 7.82. The van der Waals surface area contributed by atoms with Crippen LogP contribution in [0.5, 0.6) is 0 Å². The standard InChI is InChI=1S/C30H34F5N5O2S/c1-2-16-43(42)40-15-14-37-18-22(40)11-12-23-24(32)4-3-5-25(23)39-29(41)28(36)27(19-6-9-21(31)10-7-19)26-13-8-20(17-38-26)30(33,34)35/h3-10,13,17,22,27-28,37H,2,11-12,14-16,18,36H2,1H3,(H,39,41). The van der Waals surface area contributed by atoms with E-state index in [1.165, 1.54) is 24.3 Å². The van der Waals surface area contributed by atoms with Crippen LogP contribution < -0.4 is 16.4 Å². The number of hydrogen-bond acceptors (Lipinski definition) is 5. The molecular weight excluding hydrogens is 589 g/mol. The molecule has 4 unspecified atom stereocenters. The van der Waals surface area contributed by atoms with E-state index in [2.05, 4.69) is 15.6 Å². The average molecular weight is 624 g/mol. The molecule has 0 bridgehead atoms. The maximum Gasteiger partial charge on any atom is 0.417 e. The Balaban J connectivity index is 1.56. The van der Waals surface area contributed by atoms with Crippen molar-refractivity contribution in [1.29, 1.82) is 0 Å². The number of hydrogen-bond donors (Lipinski definition) is 3. The summed E-state index contributed by atoms with van der Waals surface area (Å²) < 4.78 is 82.9. The first kappa shape index (κ1) is 32.6. The summed E-state index contributed by atoms with van der Waals surface area (Å²) in [5.74, 6) is -2.30. The van der Waals surface area contributed by atoms with E-state index < -0.39 is 52.2 Å². The molecule has 2 heterocycles. The van der Waals surface area contributed by atoms with Gasteiger partial charge in [0.1, 0.15) is 11.6 Å². The summed E-state index contributed by atoms with van der Waals surface area (Å²) >= 11 is 0. The van der Waals surface area contributed by atoms with Gasteiger partial charge in [0.15, 0.2) is 0 Å². The van der Waals surface area contributed by atoms with Gasteiger partial charge in [-0.15, -0.1) is 0 Å². The van der Waals surface area contributed by atoms with Crippen LogP contribution in [0.4, 0.5) is 27.6 Å². The number of anilines is 1. The van der Waals surface area contributed by atoms with E-state index in [0.29, 0.717) is 43.6 Å². The quantitative estimate of drug-likeness (QED) is 0.268. The lowest BCUT2D eigenvalue weighted by Gasteiger charge is -2.35. The van der Waals surface area contributed by atoms with Crippen molar-refractivity contribution in [1.82, 2.24) is 14.6 Å². The van der Waals surface area contributed by atoms with E-state index in [9.17, 15) is 26.6 Å². The number of aromatic nitrogens is 1. The highest BCUT2D eigenvalue weighted by Crippen LogP contribution is 2.32. The molecule has 7 nitrogen and oxygen atoms in total. The van der Waals surface area contributed by atoms with Gasteiger partial charge in [0.05, 0.1) is 28.5 Å². The van der Waals surface area contributed by atoms with E-state index in [4.69, 9.17) is 5.73 Å². The predicted molar refractivity (Wildman–Crippen MR) is 155 cm³/mol. The number of pyridine rings is 1. The molecule has 4 atom stereocenters. The number of halogens is 5. The highest BCUT2D eigenvalue weighted by atomic mass is 32.2. The molecule has 0 radical (unpaired) electrons. The number of carbonyl (C=O) groups excluding carboxylic acids is 1. The molecule has 1 aliphatic heterocycles. The maximum atomic E-state index is 15.1. The molecule has 232 valence electrons. The molecule has 1 amide bonds. The smallest absolute Gasteiger partial charge is 0.324 e. The minimum Gasteiger partial charge on any atom is -0.324 e. The highest BCUT2D eigenvalue weighted by Gasteiger charge is 2.34. The van der Waals surface area contributed by atoms with E-state index in [-0.39, 0.29) is 29.4 Å². The van der Waals surface area contributed by atoms with Gasteiger partial charge in [-0.05, 0) is 61.2 Å². The summed E-state index contributed by atoms with van der Waals surface area (Å²) in [5.41, 5.74) is 6.30. The number of piperazine rings is 1. The first-order valence-electron chi connectivity index (χ1n) is 14.0. The third kappa shape index (κ3) is 8.22. The Morgan fingerprint density at radius 2 is 1.91 bits per heavy atom. The molecule has 3 aromatic rings. The van der Waals surface area contributed by atoms with E-state index >= 15 is 4.39 Å². The first-order chi connectivity index (χ1) is 20.5. The second-order valence-electron chi connectivity index (χ2n) is 10.3. The van der Waals surface area contributed by atoms with Crippen LogP contribution in [0, 0.1) is 11.6 Å². The van der Waals surface area contributed by atoms with E-state index in [1.807, 2.05) is 11.2 Å². The Morgan fingerprint density at radius 1 is 1.16 bits per heavy atom. The SMILES string of the molecule is CCCS(=O)N1CCNCC1CCc1c(F)cccc1NC(=O)C(N)C(c1ccc(F)cc1)c1ccc(C(F)(F)F)cn1. The molecule has 0 spiro atoms. The van der Waals surface area contributed by atoms with Crippen LogP contribution in [-0.4, -0.2) is 56.9 Å². The van der Waals surface area contributed by atoms with Crippen molar-refractivity contribution in [3.05, 3.63) is 94.8 Å². The number of benzene rings is 2. The Labute approximate surface area is 249 Å². The lowest BCUT2D eigenvalue weighted by Crippen LogP contribution is -2.52. The van der Waals surface area contributed by atoms with Gasteiger partial charge in [0.2, 0.25) is 5.91 Å². The van der Waals surface area contributed by atoms with Crippen LogP contribution in [0.25, 0.3) is 0 Å². The number of nitrogens with one attached hydrogen (secondary N) is 2. The molecule has 1 aliphatic rings. The van der Waals surface area contributed by atoms with Crippen LogP contribution in [0.3, 0.4) is 0 Å². The van der Waals surface area contributed by atoms with Crippen molar-refractivity contribution in [2.24, 2.45) is 5.73 Å². The van der Waals surface area contributed by atoms with E-state index in [0.717, 1.165) is 30.7 Å². The Morgan fingerprint density at radius 3 is 2.56 bits per heavy atom. The lowest BCUT2D eigenvalue weighted by molar-refractivity contribution is -0.137. The summed E-state index contributed by atoms with van der Waals surface area (Å²) in [7, 11) is -1.15. The molecular formula is C30H34F5N5O2S. The van der Waals surface area contributed by atoms with Gasteiger partial charge in [-0.1, -0.05) is 25.1 Å². The number of amides is 1. The summed E-state index contributed by atoms with van der Waals surface area (Å²) in [6.07, 6.45) is -2.47. The number of carbonyl (C=O) groups is 1. The Hall–Kier alpha value is -3.26. The zero-order chi connectivity index (χ0) is 31.1. The van der Waals surface area contributed by atoms with Gasteiger partial charge in [0, 0.05) is 54.6 Å². The Bertz CT molecular complexity index is 1410. The molecule has 1 saturated heterocycles. The van der Waals surface area contributed by atoms with Crippen molar-refractivity contribution >= 4 is 22.6 Å². The molecule has 4 N–H and O–H groups in total. The molecule has 2 aromatic carbocycles. The first-order valence-corrected chi connectivity index (χ1v) is 15.3. The molecule has 13 heteroatoms. The number of alkyl halides is 3. The fourth-order valence-electron chi connectivity index (χ4n) is 5.15. The zero-order valence-corrected chi connectivity index (χ0v) is 24.4. The van der Waals surface area contributed by atoms with Crippen molar-refractivity contribution in [3.63, 3.8) is 0 Å². The molecule has 1 fully saturated rings. The van der Waals surface area contributed by atoms with Gasteiger partial charge in [-0.3, -0.25) is 9.78 Å². The van der Waals surface area contributed by atoms with Crippen LogP contribution in [0.2, 0.25) is 0 Å². The van der Waals surface area contributed by atoms with Crippen molar-refractivity contribution in [2.75, 3.05) is 30.7 Å². The minimum atomic E-state index is -4.61. The largest absolute Gasteiger partial charge is 0.417 e.